The minimum atomic E-state index is -1.36. The van der Waals surface area contributed by atoms with Crippen molar-refractivity contribution in [1.29, 1.82) is 0 Å². The average Bonchev–Trinajstić information content (AvgIpc) is 3.33. The fourth-order valence-corrected chi connectivity index (χ4v) is 5.72. The van der Waals surface area contributed by atoms with Gasteiger partial charge in [-0.2, -0.15) is 0 Å². The highest BCUT2D eigenvalue weighted by atomic mass is 32.2. The number of nitro groups is 2. The molecule has 2 N–H and O–H groups in total. The minimum absolute atomic E-state index is 0.0404. The Hall–Kier alpha value is -4.04. The van der Waals surface area contributed by atoms with E-state index in [1.165, 1.54) is 41.3 Å². The van der Waals surface area contributed by atoms with Gasteiger partial charge in [-0.1, -0.05) is 12.1 Å². The quantitative estimate of drug-likeness (QED) is 0.304. The molecule has 4 rings (SSSR count). The smallest absolute Gasteiger partial charge is 0.352 e. The standard InChI is InChI=1S/C21H16N4O8S2/c26-16(9-14-2-1-7-34-14)22-17-19(27)23-18(21(28)29)12(10-35-20(17)23)4-3-11-5-6-13(24(30)31)8-15(11)25(32)33/h1-8,17,20H,9-10H2,(H,22,26)(H,28,29)/t17-,20+/m1/s1. The van der Waals surface area contributed by atoms with Crippen molar-refractivity contribution < 1.29 is 29.3 Å². The van der Waals surface area contributed by atoms with Crippen LogP contribution < -0.4 is 5.32 Å². The van der Waals surface area contributed by atoms with Gasteiger partial charge in [0.25, 0.3) is 17.3 Å². The summed E-state index contributed by atoms with van der Waals surface area (Å²) >= 11 is 2.66. The maximum absolute atomic E-state index is 12.7. The SMILES string of the molecule is O=C(Cc1cccs1)N[C@@H]1C(=O)N2C(C(=O)O)=C(C=Cc3ccc([N+](=O)[O-])cc3[N+](=O)[O-])CS[C@@H]12. The number of carbonyl (C=O) groups is 3. The number of fused-ring (bicyclic) bond motifs is 1. The first-order valence-corrected chi connectivity index (χ1v) is 11.9. The first-order valence-electron chi connectivity index (χ1n) is 10.0. The number of hydrogen-bond acceptors (Lipinski definition) is 9. The van der Waals surface area contributed by atoms with Crippen LogP contribution in [0.1, 0.15) is 10.4 Å². The number of carboxylic acid groups (broad SMARTS) is 1. The molecule has 12 nitrogen and oxygen atoms in total. The Balaban J connectivity index is 1.55. The fourth-order valence-electron chi connectivity index (χ4n) is 3.70. The number of hydrogen-bond donors (Lipinski definition) is 2. The van der Waals surface area contributed by atoms with Crippen molar-refractivity contribution in [3.8, 4) is 0 Å². The summed E-state index contributed by atoms with van der Waals surface area (Å²) in [6.45, 7) is 0. The lowest BCUT2D eigenvalue weighted by atomic mass is 10.0. The molecular formula is C21H16N4O8S2. The number of nitrogens with zero attached hydrogens (tertiary/aromatic N) is 3. The highest BCUT2D eigenvalue weighted by Gasteiger charge is 2.53. The van der Waals surface area contributed by atoms with Crippen LogP contribution in [-0.2, 0) is 20.8 Å². The molecule has 0 spiro atoms. The predicted octanol–water partition coefficient (Wildman–Crippen LogP) is 2.56. The normalized spacial score (nSPS) is 19.3. The van der Waals surface area contributed by atoms with Gasteiger partial charge in [0, 0.05) is 16.7 Å². The number of amides is 2. The Morgan fingerprint density at radius 1 is 1.20 bits per heavy atom. The van der Waals surface area contributed by atoms with Crippen LogP contribution in [-0.4, -0.2) is 54.8 Å². The van der Waals surface area contributed by atoms with Crippen LogP contribution in [0.15, 0.2) is 53.1 Å². The average molecular weight is 517 g/mol. The fraction of sp³-hybridized carbons (Fsp3) is 0.190. The lowest BCUT2D eigenvalue weighted by molar-refractivity contribution is -0.394. The zero-order valence-electron chi connectivity index (χ0n) is 17.7. The Labute approximate surface area is 205 Å². The molecule has 0 unspecified atom stereocenters. The molecule has 1 aromatic carbocycles. The number of thiophene rings is 1. The van der Waals surface area contributed by atoms with Gasteiger partial charge in [-0.3, -0.25) is 34.7 Å². The summed E-state index contributed by atoms with van der Waals surface area (Å²) in [5.74, 6) is -2.09. The Bertz CT molecular complexity index is 1300. The maximum Gasteiger partial charge on any atom is 0.352 e. The number of aliphatic carboxylic acids is 1. The van der Waals surface area contributed by atoms with E-state index in [0.29, 0.717) is 0 Å². The maximum atomic E-state index is 12.7. The van der Waals surface area contributed by atoms with E-state index in [1.807, 2.05) is 11.4 Å². The molecule has 0 radical (unpaired) electrons. The molecule has 1 fully saturated rings. The van der Waals surface area contributed by atoms with Crippen molar-refractivity contribution in [1.82, 2.24) is 10.2 Å². The van der Waals surface area contributed by atoms with Crippen LogP contribution in [0.5, 0.6) is 0 Å². The highest BCUT2D eigenvalue weighted by Crippen LogP contribution is 2.41. The summed E-state index contributed by atoms with van der Waals surface area (Å²) in [6.07, 6.45) is 2.74. The zero-order chi connectivity index (χ0) is 25.3. The van der Waals surface area contributed by atoms with Gasteiger partial charge in [0.05, 0.1) is 27.9 Å². The molecular weight excluding hydrogens is 500 g/mol. The number of β-lactam (4-membered cyclic amide) rings is 1. The number of carbonyl (C=O) groups excluding carboxylic acids is 2. The topological polar surface area (TPSA) is 173 Å². The summed E-state index contributed by atoms with van der Waals surface area (Å²) in [6, 6.07) is 5.87. The Morgan fingerprint density at radius 2 is 1.97 bits per heavy atom. The third kappa shape index (κ3) is 4.79. The number of rotatable bonds is 8. The van der Waals surface area contributed by atoms with Crippen molar-refractivity contribution in [2.75, 3.05) is 5.75 Å². The second-order valence-corrected chi connectivity index (χ2v) is 9.62. The van der Waals surface area contributed by atoms with Gasteiger partial charge in [-0.25, -0.2) is 4.79 Å². The van der Waals surface area contributed by atoms with Crippen molar-refractivity contribution in [2.45, 2.75) is 17.8 Å². The van der Waals surface area contributed by atoms with Gasteiger partial charge < -0.3 is 10.4 Å². The van der Waals surface area contributed by atoms with E-state index >= 15 is 0 Å². The number of carboxylic acids is 1. The second kappa shape index (κ2) is 9.68. The number of thioether (sulfide) groups is 1. The molecule has 14 heteroatoms. The van der Waals surface area contributed by atoms with E-state index in [4.69, 9.17) is 0 Å². The number of nitrogens with one attached hydrogen (secondary N) is 1. The van der Waals surface area contributed by atoms with Crippen LogP contribution >= 0.6 is 23.1 Å². The zero-order valence-corrected chi connectivity index (χ0v) is 19.3. The lowest BCUT2D eigenvalue weighted by Crippen LogP contribution is -2.70. The summed E-state index contributed by atoms with van der Waals surface area (Å²) < 4.78 is 0. The van der Waals surface area contributed by atoms with Crippen molar-refractivity contribution in [2.24, 2.45) is 0 Å². The number of allylic oxidation sites excluding steroid dienone is 1. The first-order chi connectivity index (χ1) is 16.7. The molecule has 3 heterocycles. The van der Waals surface area contributed by atoms with Crippen LogP contribution in [0.3, 0.4) is 0 Å². The van der Waals surface area contributed by atoms with Gasteiger partial charge in [-0.05, 0) is 29.2 Å². The van der Waals surface area contributed by atoms with Crippen LogP contribution in [0.25, 0.3) is 6.08 Å². The van der Waals surface area contributed by atoms with Crippen molar-refractivity contribution >= 4 is 58.3 Å². The van der Waals surface area contributed by atoms with Crippen molar-refractivity contribution in [3.63, 3.8) is 0 Å². The Morgan fingerprint density at radius 3 is 2.60 bits per heavy atom. The summed E-state index contributed by atoms with van der Waals surface area (Å²) in [4.78, 5) is 59.7. The first kappa shape index (κ1) is 24.1. The van der Waals surface area contributed by atoms with E-state index in [0.717, 1.165) is 21.9 Å². The molecule has 35 heavy (non-hydrogen) atoms. The molecule has 2 aliphatic heterocycles. The minimum Gasteiger partial charge on any atom is -0.477 e. The van der Waals surface area contributed by atoms with Gasteiger partial charge in [0.15, 0.2) is 0 Å². The van der Waals surface area contributed by atoms with Gasteiger partial charge in [0.2, 0.25) is 5.91 Å². The van der Waals surface area contributed by atoms with Crippen LogP contribution in [0.4, 0.5) is 11.4 Å². The molecule has 0 saturated carbocycles. The summed E-state index contributed by atoms with van der Waals surface area (Å²) in [5.41, 5.74) is -0.957. The summed E-state index contributed by atoms with van der Waals surface area (Å²) in [7, 11) is 0. The van der Waals surface area contributed by atoms with E-state index in [1.54, 1.807) is 6.07 Å². The summed E-state index contributed by atoms with van der Waals surface area (Å²) in [5, 5.41) is 35.9. The third-order valence-corrected chi connectivity index (χ3v) is 7.50. The van der Waals surface area contributed by atoms with Gasteiger partial charge in [-0.15, -0.1) is 23.1 Å². The van der Waals surface area contributed by atoms with Gasteiger partial charge in [0.1, 0.15) is 17.1 Å². The predicted molar refractivity (Wildman–Crippen MR) is 126 cm³/mol. The molecule has 0 aliphatic carbocycles. The molecule has 2 amide bonds. The van der Waals surface area contributed by atoms with E-state index < -0.39 is 44.5 Å². The number of benzene rings is 1. The van der Waals surface area contributed by atoms with E-state index in [-0.39, 0.29) is 34.9 Å². The molecule has 1 aromatic heterocycles. The molecule has 180 valence electrons. The highest BCUT2D eigenvalue weighted by molar-refractivity contribution is 8.00. The molecule has 2 aliphatic rings. The number of nitro benzene ring substituents is 2. The van der Waals surface area contributed by atoms with Crippen LogP contribution in [0.2, 0.25) is 0 Å². The van der Waals surface area contributed by atoms with Crippen LogP contribution in [0, 0.1) is 20.2 Å². The van der Waals surface area contributed by atoms with Gasteiger partial charge >= 0.3 is 5.97 Å². The molecule has 1 saturated heterocycles. The largest absolute Gasteiger partial charge is 0.477 e. The second-order valence-electron chi connectivity index (χ2n) is 7.48. The Kier molecular flexibility index (Phi) is 6.66. The molecule has 2 aromatic rings. The van der Waals surface area contributed by atoms with E-state index in [9.17, 15) is 39.7 Å². The van der Waals surface area contributed by atoms with Crippen molar-refractivity contribution in [3.05, 3.63) is 83.7 Å². The van der Waals surface area contributed by atoms with E-state index in [2.05, 4.69) is 5.32 Å². The molecule has 2 atom stereocenters. The molecule has 0 bridgehead atoms. The monoisotopic (exact) mass is 516 g/mol. The third-order valence-electron chi connectivity index (χ3n) is 5.32. The number of non-ortho nitro benzene ring substituents is 1. The lowest BCUT2D eigenvalue weighted by Gasteiger charge is -2.49.